The van der Waals surface area contributed by atoms with E-state index < -0.39 is 11.7 Å². The second-order valence-corrected chi connectivity index (χ2v) is 5.59. The summed E-state index contributed by atoms with van der Waals surface area (Å²) >= 11 is 0. The Bertz CT molecular complexity index is 522. The Labute approximate surface area is 119 Å². The van der Waals surface area contributed by atoms with Gasteiger partial charge in [-0.2, -0.15) is 5.26 Å². The number of hydrogen-bond donors (Lipinski definition) is 3. The number of fused-ring (bicyclic) bond motifs is 1. The summed E-state index contributed by atoms with van der Waals surface area (Å²) in [6.45, 7) is 5.03. The number of nitrogens with one attached hydrogen (secondary N) is 1. The van der Waals surface area contributed by atoms with Crippen LogP contribution in [0.5, 0.6) is 5.75 Å². The standard InChI is InChI=1S/C15H21N3O2/c1-15(2)14(19)13(18-7-3-6-16)11-8-10(9-17)4-5-12(11)20-15/h4-5,8,13-14,18-19H,3,6-7,16H2,1-2H3. The van der Waals surface area contributed by atoms with Crippen LogP contribution in [0, 0.1) is 11.3 Å². The highest BCUT2D eigenvalue weighted by Crippen LogP contribution is 2.40. The highest BCUT2D eigenvalue weighted by Gasteiger charge is 2.42. The zero-order valence-corrected chi connectivity index (χ0v) is 11.9. The molecule has 20 heavy (non-hydrogen) atoms. The fraction of sp³-hybridized carbons (Fsp3) is 0.533. The van der Waals surface area contributed by atoms with E-state index in [1.807, 2.05) is 13.8 Å². The maximum absolute atomic E-state index is 10.5. The van der Waals surface area contributed by atoms with Crippen LogP contribution in [-0.2, 0) is 0 Å². The van der Waals surface area contributed by atoms with Crippen molar-refractivity contribution in [2.45, 2.75) is 38.0 Å². The van der Waals surface area contributed by atoms with Crippen LogP contribution in [0.25, 0.3) is 0 Å². The van der Waals surface area contributed by atoms with Crippen LogP contribution in [-0.4, -0.2) is 29.9 Å². The second-order valence-electron chi connectivity index (χ2n) is 5.59. The molecule has 0 saturated heterocycles. The van der Waals surface area contributed by atoms with Gasteiger partial charge in [-0.05, 0) is 51.6 Å². The van der Waals surface area contributed by atoms with Crippen LogP contribution < -0.4 is 15.8 Å². The molecular weight excluding hydrogens is 254 g/mol. The molecule has 2 unspecified atom stereocenters. The summed E-state index contributed by atoms with van der Waals surface area (Å²) in [7, 11) is 0. The molecule has 0 aliphatic carbocycles. The molecule has 0 radical (unpaired) electrons. The molecule has 2 atom stereocenters. The number of ether oxygens (including phenoxy) is 1. The average Bonchev–Trinajstić information content (AvgIpc) is 2.42. The largest absolute Gasteiger partial charge is 0.485 e. The highest BCUT2D eigenvalue weighted by atomic mass is 16.5. The molecular formula is C15H21N3O2. The van der Waals surface area contributed by atoms with Crippen molar-refractivity contribution in [1.82, 2.24) is 5.32 Å². The third-order valence-electron chi connectivity index (χ3n) is 3.62. The SMILES string of the molecule is CC1(C)Oc2ccc(C#N)cc2C(NCCCN)C1O. The third-order valence-corrected chi connectivity index (χ3v) is 3.62. The summed E-state index contributed by atoms with van der Waals surface area (Å²) in [4.78, 5) is 0. The van der Waals surface area contributed by atoms with Crippen molar-refractivity contribution in [3.63, 3.8) is 0 Å². The summed E-state index contributed by atoms with van der Waals surface area (Å²) in [6, 6.07) is 7.15. The van der Waals surface area contributed by atoms with Crippen molar-refractivity contribution >= 4 is 0 Å². The predicted octanol–water partition coefficient (Wildman–Crippen LogP) is 1.07. The number of nitrogens with two attached hydrogens (primary N) is 1. The van der Waals surface area contributed by atoms with Gasteiger partial charge in [0.05, 0.1) is 17.7 Å². The minimum atomic E-state index is -0.693. The molecule has 0 amide bonds. The van der Waals surface area contributed by atoms with Crippen LogP contribution in [0.1, 0.15) is 37.4 Å². The van der Waals surface area contributed by atoms with Crippen LogP contribution in [0.3, 0.4) is 0 Å². The first-order chi connectivity index (χ1) is 9.49. The van der Waals surface area contributed by atoms with E-state index in [2.05, 4.69) is 11.4 Å². The van der Waals surface area contributed by atoms with Gasteiger partial charge in [0.1, 0.15) is 17.5 Å². The van der Waals surface area contributed by atoms with Gasteiger partial charge < -0.3 is 20.9 Å². The number of aliphatic hydroxyl groups excluding tert-OH is 1. The number of nitriles is 1. The summed E-state index contributed by atoms with van der Waals surface area (Å²) in [5.41, 5.74) is 6.21. The molecule has 0 fully saturated rings. The van der Waals surface area contributed by atoms with Crippen molar-refractivity contribution in [3.8, 4) is 11.8 Å². The second kappa shape index (κ2) is 5.80. The fourth-order valence-electron chi connectivity index (χ4n) is 2.45. The fourth-order valence-corrected chi connectivity index (χ4v) is 2.45. The maximum Gasteiger partial charge on any atom is 0.131 e. The Morgan fingerprint density at radius 1 is 1.50 bits per heavy atom. The Morgan fingerprint density at radius 3 is 2.90 bits per heavy atom. The van der Waals surface area contributed by atoms with E-state index >= 15 is 0 Å². The van der Waals surface area contributed by atoms with Gasteiger partial charge in [0.25, 0.3) is 0 Å². The van der Waals surface area contributed by atoms with Crippen LogP contribution in [0.2, 0.25) is 0 Å². The van der Waals surface area contributed by atoms with Gasteiger partial charge in [-0.3, -0.25) is 0 Å². The minimum Gasteiger partial charge on any atom is -0.485 e. The van der Waals surface area contributed by atoms with Crippen molar-refractivity contribution in [1.29, 1.82) is 5.26 Å². The van der Waals surface area contributed by atoms with E-state index in [0.29, 0.717) is 24.4 Å². The Kier molecular flexibility index (Phi) is 4.29. The first-order valence-electron chi connectivity index (χ1n) is 6.84. The van der Waals surface area contributed by atoms with Crippen molar-refractivity contribution in [3.05, 3.63) is 29.3 Å². The van der Waals surface area contributed by atoms with Gasteiger partial charge in [0.15, 0.2) is 0 Å². The molecule has 5 nitrogen and oxygen atoms in total. The monoisotopic (exact) mass is 275 g/mol. The Morgan fingerprint density at radius 2 is 2.25 bits per heavy atom. The van der Waals surface area contributed by atoms with Crippen LogP contribution in [0.15, 0.2) is 18.2 Å². The summed E-state index contributed by atoms with van der Waals surface area (Å²) in [5, 5.41) is 22.8. The molecule has 0 spiro atoms. The lowest BCUT2D eigenvalue weighted by Crippen LogP contribution is -2.52. The molecule has 2 rings (SSSR count). The van der Waals surface area contributed by atoms with Crippen LogP contribution >= 0.6 is 0 Å². The Hall–Kier alpha value is -1.61. The van der Waals surface area contributed by atoms with Crippen LogP contribution in [0.4, 0.5) is 0 Å². The number of aliphatic hydroxyl groups is 1. The molecule has 0 aromatic heterocycles. The summed E-state index contributed by atoms with van der Waals surface area (Å²) in [6.07, 6.45) is 0.138. The normalized spacial score (nSPS) is 23.6. The zero-order chi connectivity index (χ0) is 14.8. The van der Waals surface area contributed by atoms with Crippen molar-refractivity contribution < 1.29 is 9.84 Å². The lowest BCUT2D eigenvalue weighted by Gasteiger charge is -2.42. The Balaban J connectivity index is 2.35. The summed E-state index contributed by atoms with van der Waals surface area (Å²) in [5.74, 6) is 0.713. The minimum absolute atomic E-state index is 0.256. The summed E-state index contributed by atoms with van der Waals surface area (Å²) < 4.78 is 5.84. The average molecular weight is 275 g/mol. The van der Waals surface area contributed by atoms with E-state index in [9.17, 15) is 5.11 Å². The first-order valence-corrected chi connectivity index (χ1v) is 6.84. The van der Waals surface area contributed by atoms with Crippen molar-refractivity contribution in [2.75, 3.05) is 13.1 Å². The van der Waals surface area contributed by atoms with Gasteiger partial charge in [0, 0.05) is 5.56 Å². The maximum atomic E-state index is 10.5. The van der Waals surface area contributed by atoms with E-state index in [-0.39, 0.29) is 6.04 Å². The van der Waals surface area contributed by atoms with Gasteiger partial charge in [-0.25, -0.2) is 0 Å². The molecule has 1 aliphatic heterocycles. The lowest BCUT2D eigenvalue weighted by molar-refractivity contribution is -0.0644. The molecule has 1 aliphatic rings. The molecule has 1 heterocycles. The van der Waals surface area contributed by atoms with Gasteiger partial charge in [-0.15, -0.1) is 0 Å². The highest BCUT2D eigenvalue weighted by molar-refractivity contribution is 5.46. The predicted molar refractivity (Wildman–Crippen MR) is 76.3 cm³/mol. The van der Waals surface area contributed by atoms with E-state index in [0.717, 1.165) is 12.0 Å². The molecule has 4 N–H and O–H groups in total. The molecule has 0 saturated carbocycles. The lowest BCUT2D eigenvalue weighted by atomic mass is 9.86. The molecule has 5 heteroatoms. The number of hydrogen-bond acceptors (Lipinski definition) is 5. The first kappa shape index (κ1) is 14.8. The number of rotatable bonds is 4. The van der Waals surface area contributed by atoms with E-state index in [4.69, 9.17) is 15.7 Å². The molecule has 1 aromatic carbocycles. The molecule has 1 aromatic rings. The molecule has 0 bridgehead atoms. The van der Waals surface area contributed by atoms with Gasteiger partial charge in [-0.1, -0.05) is 0 Å². The number of benzene rings is 1. The topological polar surface area (TPSA) is 91.3 Å². The molecule has 108 valence electrons. The third kappa shape index (κ3) is 2.78. The van der Waals surface area contributed by atoms with Gasteiger partial charge in [0.2, 0.25) is 0 Å². The number of nitrogens with zero attached hydrogens (tertiary/aromatic N) is 1. The zero-order valence-electron chi connectivity index (χ0n) is 11.9. The van der Waals surface area contributed by atoms with E-state index in [1.165, 1.54) is 0 Å². The quantitative estimate of drug-likeness (QED) is 0.715. The van der Waals surface area contributed by atoms with Crippen molar-refractivity contribution in [2.24, 2.45) is 5.73 Å². The van der Waals surface area contributed by atoms with E-state index in [1.54, 1.807) is 18.2 Å². The van der Waals surface area contributed by atoms with Gasteiger partial charge >= 0.3 is 0 Å². The smallest absolute Gasteiger partial charge is 0.131 e.